The average Bonchev–Trinajstić information content (AvgIpc) is 2.76. The zero-order valence-corrected chi connectivity index (χ0v) is 10.3. The Hall–Kier alpha value is -0.340. The summed E-state index contributed by atoms with van der Waals surface area (Å²) in [6, 6.07) is 0. The summed E-state index contributed by atoms with van der Waals surface area (Å²) in [5.74, 6) is 2.76. The topological polar surface area (TPSA) is 6.48 Å². The molecule has 0 aliphatic heterocycles. The summed E-state index contributed by atoms with van der Waals surface area (Å²) in [6.07, 6.45) is 7.76. The lowest BCUT2D eigenvalue weighted by Crippen LogP contribution is -2.33. The predicted molar refractivity (Wildman–Crippen MR) is 64.9 cm³/mol. The van der Waals surface area contributed by atoms with Gasteiger partial charge in [0.15, 0.2) is 0 Å². The maximum Gasteiger partial charge on any atom is 0.0106 e. The van der Waals surface area contributed by atoms with Crippen LogP contribution in [0.4, 0.5) is 0 Å². The minimum absolute atomic E-state index is 0.900. The van der Waals surface area contributed by atoms with Crippen LogP contribution in [0.2, 0.25) is 0 Å². The van der Waals surface area contributed by atoms with Crippen LogP contribution in [0.15, 0.2) is 12.2 Å². The van der Waals surface area contributed by atoms with Gasteiger partial charge >= 0.3 is 0 Å². The number of fused-ring (bicyclic) bond motifs is 2. The molecule has 2 aliphatic rings. The molecule has 1 saturated carbocycles. The van der Waals surface area contributed by atoms with Crippen LogP contribution in [0.5, 0.6) is 0 Å². The lowest BCUT2D eigenvalue weighted by molar-refractivity contribution is 0.231. The van der Waals surface area contributed by atoms with Crippen LogP contribution in [0, 0.1) is 17.8 Å². The molecule has 15 heavy (non-hydrogen) atoms. The van der Waals surface area contributed by atoms with Gasteiger partial charge < -0.3 is 9.80 Å². The predicted octanol–water partition coefficient (Wildman–Crippen LogP) is 1.69. The van der Waals surface area contributed by atoms with Crippen molar-refractivity contribution in [3.63, 3.8) is 0 Å². The Labute approximate surface area is 93.9 Å². The molecule has 0 aromatic carbocycles. The average molecular weight is 208 g/mol. The third-order valence-corrected chi connectivity index (χ3v) is 3.89. The van der Waals surface area contributed by atoms with E-state index in [0.29, 0.717) is 0 Å². The zero-order valence-electron chi connectivity index (χ0n) is 10.3. The van der Waals surface area contributed by atoms with Gasteiger partial charge in [-0.3, -0.25) is 0 Å². The number of likely N-dealkylation sites (N-methyl/N-ethyl adjacent to an activating group) is 2. The van der Waals surface area contributed by atoms with Crippen LogP contribution < -0.4 is 0 Å². The number of hydrogen-bond acceptors (Lipinski definition) is 2. The van der Waals surface area contributed by atoms with Crippen LogP contribution >= 0.6 is 0 Å². The lowest BCUT2D eigenvalue weighted by Gasteiger charge is -2.26. The van der Waals surface area contributed by atoms with Crippen molar-refractivity contribution in [1.82, 2.24) is 9.80 Å². The van der Waals surface area contributed by atoms with E-state index in [0.717, 1.165) is 17.8 Å². The van der Waals surface area contributed by atoms with E-state index in [-0.39, 0.29) is 0 Å². The summed E-state index contributed by atoms with van der Waals surface area (Å²) in [4.78, 5) is 4.76. The van der Waals surface area contributed by atoms with Gasteiger partial charge in [0.05, 0.1) is 0 Å². The van der Waals surface area contributed by atoms with Crippen LogP contribution in [-0.4, -0.2) is 50.6 Å². The molecule has 0 aromatic heterocycles. The molecule has 2 heteroatoms. The molecule has 0 N–H and O–H groups in total. The minimum Gasteiger partial charge on any atom is -0.308 e. The summed E-state index contributed by atoms with van der Waals surface area (Å²) in [7, 11) is 6.56. The van der Waals surface area contributed by atoms with Gasteiger partial charge in [-0.2, -0.15) is 0 Å². The lowest BCUT2D eigenvalue weighted by atomic mass is 9.93. The Morgan fingerprint density at radius 2 is 1.87 bits per heavy atom. The fourth-order valence-electron chi connectivity index (χ4n) is 2.97. The summed E-state index contributed by atoms with van der Waals surface area (Å²) in [5.41, 5.74) is 0. The number of hydrogen-bond donors (Lipinski definition) is 0. The Balaban J connectivity index is 1.71. The maximum atomic E-state index is 2.50. The molecule has 3 atom stereocenters. The van der Waals surface area contributed by atoms with E-state index in [1.165, 1.54) is 32.5 Å². The van der Waals surface area contributed by atoms with Gasteiger partial charge in [0.1, 0.15) is 0 Å². The van der Waals surface area contributed by atoms with Gasteiger partial charge in [-0.15, -0.1) is 0 Å². The van der Waals surface area contributed by atoms with Crippen molar-refractivity contribution in [2.75, 3.05) is 40.8 Å². The van der Waals surface area contributed by atoms with Gasteiger partial charge in [0, 0.05) is 19.6 Å². The third kappa shape index (κ3) is 2.82. The van der Waals surface area contributed by atoms with Crippen LogP contribution in [-0.2, 0) is 0 Å². The maximum absolute atomic E-state index is 2.50. The van der Waals surface area contributed by atoms with E-state index >= 15 is 0 Å². The normalized spacial score (nSPS) is 33.5. The van der Waals surface area contributed by atoms with E-state index < -0.39 is 0 Å². The molecule has 0 unspecified atom stereocenters. The molecule has 2 rings (SSSR count). The highest BCUT2D eigenvalue weighted by Crippen LogP contribution is 2.43. The highest BCUT2D eigenvalue weighted by molar-refractivity contribution is 5.10. The van der Waals surface area contributed by atoms with E-state index in [4.69, 9.17) is 0 Å². The van der Waals surface area contributed by atoms with E-state index in [1.807, 2.05) is 0 Å². The fourth-order valence-corrected chi connectivity index (χ4v) is 2.97. The number of nitrogens with zero attached hydrogens (tertiary/aromatic N) is 2. The molecule has 2 aliphatic carbocycles. The zero-order chi connectivity index (χ0) is 10.8. The molecule has 0 radical (unpaired) electrons. The molecule has 86 valence electrons. The monoisotopic (exact) mass is 208 g/mol. The minimum atomic E-state index is 0.900. The first-order valence-electron chi connectivity index (χ1n) is 6.16. The second kappa shape index (κ2) is 4.67. The highest BCUT2D eigenvalue weighted by Gasteiger charge is 2.35. The van der Waals surface area contributed by atoms with Crippen molar-refractivity contribution < 1.29 is 0 Å². The molecule has 0 spiro atoms. The van der Waals surface area contributed by atoms with Gasteiger partial charge in [0.25, 0.3) is 0 Å². The van der Waals surface area contributed by atoms with Gasteiger partial charge in [-0.25, -0.2) is 0 Å². The summed E-state index contributed by atoms with van der Waals surface area (Å²) in [5, 5.41) is 0. The molecule has 0 aromatic rings. The molecule has 1 fully saturated rings. The van der Waals surface area contributed by atoms with Crippen molar-refractivity contribution >= 4 is 0 Å². The molecule has 2 nitrogen and oxygen atoms in total. The Bertz CT molecular complexity index is 235. The second-order valence-corrected chi connectivity index (χ2v) is 5.61. The van der Waals surface area contributed by atoms with E-state index in [9.17, 15) is 0 Å². The highest BCUT2D eigenvalue weighted by atomic mass is 15.1. The first-order chi connectivity index (χ1) is 7.15. The Morgan fingerprint density at radius 1 is 1.07 bits per heavy atom. The Morgan fingerprint density at radius 3 is 2.40 bits per heavy atom. The van der Waals surface area contributed by atoms with Crippen molar-refractivity contribution in [2.24, 2.45) is 17.8 Å². The molecule has 0 heterocycles. The quantitative estimate of drug-likeness (QED) is 0.634. The first kappa shape index (κ1) is 11.2. The second-order valence-electron chi connectivity index (χ2n) is 5.61. The third-order valence-electron chi connectivity index (χ3n) is 3.89. The Kier molecular flexibility index (Phi) is 3.47. The van der Waals surface area contributed by atoms with Crippen molar-refractivity contribution in [3.8, 4) is 0 Å². The largest absolute Gasteiger partial charge is 0.308 e. The standard InChI is InChI=1S/C13H24N2/c1-14(2)6-7-15(3)10-13-9-11-4-5-12(13)8-11/h4-5,11-13H,6-10H2,1-3H3/t11-,12-,13-/m0/s1. The molecular formula is C13H24N2. The van der Waals surface area contributed by atoms with Crippen LogP contribution in [0.1, 0.15) is 12.8 Å². The summed E-state index contributed by atoms with van der Waals surface area (Å²) >= 11 is 0. The molecular weight excluding hydrogens is 184 g/mol. The van der Waals surface area contributed by atoms with Crippen molar-refractivity contribution in [2.45, 2.75) is 12.8 Å². The van der Waals surface area contributed by atoms with Crippen LogP contribution in [0.25, 0.3) is 0 Å². The van der Waals surface area contributed by atoms with Crippen molar-refractivity contribution in [3.05, 3.63) is 12.2 Å². The SMILES string of the molecule is CN(C)CCN(C)C[C@@H]1C[C@H]2C=C[C@H]1C2. The first-order valence-corrected chi connectivity index (χ1v) is 6.16. The van der Waals surface area contributed by atoms with Gasteiger partial charge in [0.2, 0.25) is 0 Å². The summed E-state index contributed by atoms with van der Waals surface area (Å²) in [6.45, 7) is 3.66. The molecule has 0 amide bonds. The number of rotatable bonds is 5. The molecule has 2 bridgehead atoms. The van der Waals surface area contributed by atoms with Crippen LogP contribution in [0.3, 0.4) is 0 Å². The van der Waals surface area contributed by atoms with E-state index in [1.54, 1.807) is 0 Å². The van der Waals surface area contributed by atoms with Gasteiger partial charge in [-0.1, -0.05) is 12.2 Å². The summed E-state index contributed by atoms with van der Waals surface area (Å²) < 4.78 is 0. The number of allylic oxidation sites excluding steroid dienone is 2. The van der Waals surface area contributed by atoms with E-state index in [2.05, 4.69) is 43.1 Å². The fraction of sp³-hybridized carbons (Fsp3) is 0.846. The van der Waals surface area contributed by atoms with Crippen molar-refractivity contribution in [1.29, 1.82) is 0 Å². The smallest absolute Gasteiger partial charge is 0.0106 e. The molecule has 0 saturated heterocycles. The van der Waals surface area contributed by atoms with Gasteiger partial charge in [-0.05, 0) is 51.7 Å².